The molecule has 1 aliphatic heterocycles. The number of nitrogens with zero attached hydrogens (tertiary/aromatic N) is 1. The molecule has 3 aromatic carbocycles. The number of fused-ring (bicyclic) bond motifs is 1. The summed E-state index contributed by atoms with van der Waals surface area (Å²) < 4.78 is 0. The Morgan fingerprint density at radius 3 is 2.24 bits per heavy atom. The maximum absolute atomic E-state index is 12.1. The summed E-state index contributed by atoms with van der Waals surface area (Å²) in [6.45, 7) is 0. The fourth-order valence-corrected chi connectivity index (χ4v) is 3.48. The van der Waals surface area contributed by atoms with Crippen molar-refractivity contribution in [2.24, 2.45) is 0 Å². The zero-order chi connectivity index (χ0) is 20.4. The van der Waals surface area contributed by atoms with Gasteiger partial charge >= 0.3 is 0 Å². The van der Waals surface area contributed by atoms with Gasteiger partial charge in [-0.3, -0.25) is 4.79 Å². The number of hydrogen-bond donors (Lipinski definition) is 3. The molecule has 5 nitrogen and oxygen atoms in total. The van der Waals surface area contributed by atoms with Crippen molar-refractivity contribution in [1.82, 2.24) is 4.90 Å². The molecule has 1 unspecified atom stereocenters. The first-order chi connectivity index (χ1) is 14.0. The molecule has 0 radical (unpaired) electrons. The number of anilines is 2. The van der Waals surface area contributed by atoms with Crippen LogP contribution in [-0.4, -0.2) is 36.2 Å². The average molecular weight is 385 g/mol. The number of nitrogens with one attached hydrogen (secondary N) is 2. The fraction of sp³-hybridized carbons (Fsp3) is 0.125. The van der Waals surface area contributed by atoms with E-state index in [0.29, 0.717) is 5.56 Å². The Balaban J connectivity index is 1.77. The molecule has 4 rings (SSSR count). The molecule has 3 N–H and O–H groups in total. The number of para-hydroxylation sites is 1. The van der Waals surface area contributed by atoms with E-state index in [4.69, 9.17) is 0 Å². The van der Waals surface area contributed by atoms with Crippen molar-refractivity contribution in [2.75, 3.05) is 24.7 Å². The highest BCUT2D eigenvalue weighted by molar-refractivity contribution is 6.03. The van der Waals surface area contributed by atoms with Gasteiger partial charge in [0.05, 0.1) is 5.70 Å². The molecule has 1 aliphatic rings. The third-order valence-electron chi connectivity index (χ3n) is 4.92. The molecule has 1 atom stereocenters. The fourth-order valence-electron chi connectivity index (χ4n) is 3.48. The summed E-state index contributed by atoms with van der Waals surface area (Å²) in [6.07, 6.45) is -0.815. The van der Waals surface area contributed by atoms with Crippen LogP contribution >= 0.6 is 0 Å². The van der Waals surface area contributed by atoms with Crippen LogP contribution < -0.4 is 10.6 Å². The molecule has 0 aliphatic carbocycles. The predicted molar refractivity (Wildman–Crippen MR) is 117 cm³/mol. The molecule has 0 fully saturated rings. The van der Waals surface area contributed by atoms with E-state index in [1.54, 1.807) is 31.1 Å². The summed E-state index contributed by atoms with van der Waals surface area (Å²) in [5.74, 6) is -0.0393. The Kier molecular flexibility index (Phi) is 5.06. The van der Waals surface area contributed by atoms with Gasteiger partial charge in [0, 0.05) is 42.2 Å². The first-order valence-corrected chi connectivity index (χ1v) is 9.47. The third kappa shape index (κ3) is 3.73. The quantitative estimate of drug-likeness (QED) is 0.632. The van der Waals surface area contributed by atoms with Crippen molar-refractivity contribution in [3.8, 4) is 0 Å². The lowest BCUT2D eigenvalue weighted by molar-refractivity contribution is 0.0827. The second kappa shape index (κ2) is 7.81. The molecular formula is C24H23N3O2. The minimum absolute atomic E-state index is 0.0393. The van der Waals surface area contributed by atoms with Crippen molar-refractivity contribution in [2.45, 2.75) is 6.23 Å². The van der Waals surface area contributed by atoms with E-state index in [0.717, 1.165) is 33.8 Å². The van der Waals surface area contributed by atoms with Crippen LogP contribution in [0.4, 0.5) is 11.4 Å². The minimum Gasteiger partial charge on any atom is -0.369 e. The van der Waals surface area contributed by atoms with Crippen LogP contribution in [0.2, 0.25) is 0 Å². The van der Waals surface area contributed by atoms with E-state index in [2.05, 4.69) is 10.6 Å². The van der Waals surface area contributed by atoms with Gasteiger partial charge in [0.2, 0.25) is 0 Å². The van der Waals surface area contributed by atoms with Gasteiger partial charge in [-0.2, -0.15) is 0 Å². The van der Waals surface area contributed by atoms with Gasteiger partial charge in [0.1, 0.15) is 0 Å². The standard InChI is InChI=1S/C24H23N3O2/c1-27(2)24(29)17-12-14-18(15-13-17)25-22(16-8-4-3-5-9-16)21-19-10-6-7-11-20(19)26-23(21)28/h3-15,23,25-26,28H,1-2H3/b22-21-. The van der Waals surface area contributed by atoms with E-state index in [9.17, 15) is 9.90 Å². The largest absolute Gasteiger partial charge is 0.369 e. The minimum atomic E-state index is -0.815. The third-order valence-corrected chi connectivity index (χ3v) is 4.92. The molecular weight excluding hydrogens is 362 g/mol. The van der Waals surface area contributed by atoms with Gasteiger partial charge in [-0.25, -0.2) is 0 Å². The van der Waals surface area contributed by atoms with Crippen LogP contribution in [0.25, 0.3) is 11.3 Å². The molecule has 0 saturated heterocycles. The molecule has 3 aromatic rings. The van der Waals surface area contributed by atoms with Crippen molar-refractivity contribution in [3.63, 3.8) is 0 Å². The van der Waals surface area contributed by atoms with Gasteiger partial charge in [-0.15, -0.1) is 0 Å². The maximum Gasteiger partial charge on any atom is 0.253 e. The van der Waals surface area contributed by atoms with E-state index < -0.39 is 6.23 Å². The summed E-state index contributed by atoms with van der Waals surface area (Å²) in [5.41, 5.74) is 5.91. The van der Waals surface area contributed by atoms with Crippen molar-refractivity contribution < 1.29 is 9.90 Å². The summed E-state index contributed by atoms with van der Waals surface area (Å²) in [4.78, 5) is 13.7. The summed E-state index contributed by atoms with van der Waals surface area (Å²) in [7, 11) is 3.47. The molecule has 0 bridgehead atoms. The average Bonchev–Trinajstić information content (AvgIpc) is 3.08. The molecule has 29 heavy (non-hydrogen) atoms. The van der Waals surface area contributed by atoms with Crippen molar-refractivity contribution >= 4 is 28.6 Å². The normalized spacial score (nSPS) is 16.6. The van der Waals surface area contributed by atoms with Crippen LogP contribution in [0.15, 0.2) is 78.9 Å². The molecule has 1 amide bonds. The number of rotatable bonds is 4. The second-order valence-corrected chi connectivity index (χ2v) is 7.15. The van der Waals surface area contributed by atoms with Crippen LogP contribution in [0.5, 0.6) is 0 Å². The summed E-state index contributed by atoms with van der Waals surface area (Å²) >= 11 is 0. The predicted octanol–water partition coefficient (Wildman–Crippen LogP) is 4.11. The molecule has 5 heteroatoms. The zero-order valence-electron chi connectivity index (χ0n) is 16.4. The lowest BCUT2D eigenvalue weighted by Crippen LogP contribution is -2.21. The first kappa shape index (κ1) is 18.8. The highest BCUT2D eigenvalue weighted by atomic mass is 16.3. The van der Waals surface area contributed by atoms with E-state index >= 15 is 0 Å². The molecule has 0 aromatic heterocycles. The van der Waals surface area contributed by atoms with Crippen LogP contribution in [0, 0.1) is 0 Å². The van der Waals surface area contributed by atoms with E-state index in [1.165, 1.54) is 0 Å². The molecule has 146 valence electrons. The van der Waals surface area contributed by atoms with Gasteiger partial charge in [-0.05, 0) is 35.9 Å². The number of aliphatic hydroxyl groups excluding tert-OH is 1. The van der Waals surface area contributed by atoms with E-state index in [1.807, 2.05) is 66.7 Å². The van der Waals surface area contributed by atoms with Crippen LogP contribution in [0.1, 0.15) is 21.5 Å². The molecule has 0 saturated carbocycles. The Morgan fingerprint density at radius 1 is 0.897 bits per heavy atom. The van der Waals surface area contributed by atoms with Crippen molar-refractivity contribution in [3.05, 3.63) is 95.6 Å². The first-order valence-electron chi connectivity index (χ1n) is 9.47. The second-order valence-electron chi connectivity index (χ2n) is 7.15. The lowest BCUT2D eigenvalue weighted by Gasteiger charge is -2.18. The Labute approximate surface area is 170 Å². The topological polar surface area (TPSA) is 64.6 Å². The van der Waals surface area contributed by atoms with Gasteiger partial charge < -0.3 is 20.6 Å². The number of benzene rings is 3. The van der Waals surface area contributed by atoms with Crippen LogP contribution in [0.3, 0.4) is 0 Å². The Bertz CT molecular complexity index is 1060. The Morgan fingerprint density at radius 2 is 1.55 bits per heavy atom. The summed E-state index contributed by atoms with van der Waals surface area (Å²) in [6, 6.07) is 25.1. The maximum atomic E-state index is 12.1. The highest BCUT2D eigenvalue weighted by Gasteiger charge is 2.28. The monoisotopic (exact) mass is 385 g/mol. The SMILES string of the molecule is CN(C)C(=O)c1ccc(N/C(=C2/c3ccccc3NC2O)c2ccccc2)cc1. The number of hydrogen-bond acceptors (Lipinski definition) is 4. The van der Waals surface area contributed by atoms with Crippen molar-refractivity contribution in [1.29, 1.82) is 0 Å². The number of carbonyl (C=O) groups is 1. The summed E-state index contributed by atoms with van der Waals surface area (Å²) in [5, 5.41) is 17.3. The zero-order valence-corrected chi connectivity index (χ0v) is 16.4. The smallest absolute Gasteiger partial charge is 0.253 e. The number of carbonyl (C=O) groups excluding carboxylic acids is 1. The highest BCUT2D eigenvalue weighted by Crippen LogP contribution is 2.39. The molecule has 0 spiro atoms. The van der Waals surface area contributed by atoms with E-state index in [-0.39, 0.29) is 5.91 Å². The lowest BCUT2D eigenvalue weighted by atomic mass is 9.99. The Hall–Kier alpha value is -3.57. The number of amides is 1. The van der Waals surface area contributed by atoms with Gasteiger partial charge in [0.25, 0.3) is 5.91 Å². The number of aliphatic hydroxyl groups is 1. The van der Waals surface area contributed by atoms with Crippen LogP contribution in [-0.2, 0) is 0 Å². The van der Waals surface area contributed by atoms with Gasteiger partial charge in [0.15, 0.2) is 6.23 Å². The van der Waals surface area contributed by atoms with Gasteiger partial charge in [-0.1, -0.05) is 48.5 Å². The molecule has 1 heterocycles.